The van der Waals surface area contributed by atoms with Crippen molar-refractivity contribution in [2.75, 3.05) is 12.3 Å². The molecule has 26 heavy (non-hydrogen) atoms. The average Bonchev–Trinajstić information content (AvgIpc) is 3.19. The van der Waals surface area contributed by atoms with Crippen LogP contribution in [0.3, 0.4) is 0 Å². The van der Waals surface area contributed by atoms with E-state index in [2.05, 4.69) is 22.1 Å². The van der Waals surface area contributed by atoms with Crippen LogP contribution in [-0.2, 0) is 4.74 Å². The number of anilines is 1. The van der Waals surface area contributed by atoms with Gasteiger partial charge >= 0.3 is 0 Å². The second-order valence-corrected chi connectivity index (χ2v) is 6.62. The topological polar surface area (TPSA) is 106 Å². The van der Waals surface area contributed by atoms with Crippen LogP contribution in [0.2, 0.25) is 0 Å². The zero-order valence-electron chi connectivity index (χ0n) is 13.9. The van der Waals surface area contributed by atoms with E-state index in [0.29, 0.717) is 17.9 Å². The zero-order chi connectivity index (χ0) is 17.8. The highest BCUT2D eigenvalue weighted by Gasteiger charge is 2.36. The van der Waals surface area contributed by atoms with E-state index in [4.69, 9.17) is 10.5 Å². The first kappa shape index (κ1) is 15.5. The predicted molar refractivity (Wildman–Crippen MR) is 98.6 cm³/mol. The predicted octanol–water partition coefficient (Wildman–Crippen LogP) is 1.96. The third kappa shape index (κ3) is 2.05. The van der Waals surface area contributed by atoms with E-state index in [1.807, 2.05) is 28.8 Å². The smallest absolute Gasteiger partial charge is 0.148 e. The van der Waals surface area contributed by atoms with Crippen LogP contribution >= 0.6 is 0 Å². The van der Waals surface area contributed by atoms with Gasteiger partial charge in [-0.3, -0.25) is 4.57 Å². The Morgan fingerprint density at radius 1 is 1.15 bits per heavy atom. The Kier molecular flexibility index (Phi) is 3.36. The van der Waals surface area contributed by atoms with Crippen LogP contribution in [0.15, 0.2) is 42.7 Å². The number of aromatic nitrogens is 3. The third-order valence-corrected chi connectivity index (χ3v) is 5.17. The first-order valence-electron chi connectivity index (χ1n) is 8.55. The summed E-state index contributed by atoms with van der Waals surface area (Å²) in [6.07, 6.45) is 0.0484. The summed E-state index contributed by atoms with van der Waals surface area (Å²) in [4.78, 5) is 8.63. The summed E-state index contributed by atoms with van der Waals surface area (Å²) in [6, 6.07) is 12.1. The summed E-state index contributed by atoms with van der Waals surface area (Å²) in [5.74, 6) is 0.410. The van der Waals surface area contributed by atoms with Crippen LogP contribution < -0.4 is 5.73 Å². The van der Waals surface area contributed by atoms with Gasteiger partial charge in [-0.2, -0.15) is 0 Å². The van der Waals surface area contributed by atoms with Crippen LogP contribution in [0.4, 0.5) is 5.82 Å². The molecule has 2 aromatic heterocycles. The highest BCUT2D eigenvalue weighted by Crippen LogP contribution is 2.40. The van der Waals surface area contributed by atoms with Gasteiger partial charge in [0.25, 0.3) is 0 Å². The maximum Gasteiger partial charge on any atom is 0.148 e. The summed E-state index contributed by atoms with van der Waals surface area (Å²) in [5.41, 5.74) is 7.80. The van der Waals surface area contributed by atoms with Gasteiger partial charge in [-0.25, -0.2) is 9.97 Å². The van der Waals surface area contributed by atoms with E-state index in [1.165, 1.54) is 6.33 Å². The fraction of sp³-hybridized carbons (Fsp3) is 0.263. The Balaban J connectivity index is 1.88. The minimum Gasteiger partial charge on any atom is -0.394 e. The van der Waals surface area contributed by atoms with Crippen molar-refractivity contribution < 1.29 is 14.9 Å². The quantitative estimate of drug-likeness (QED) is 0.510. The van der Waals surface area contributed by atoms with Gasteiger partial charge in [0.15, 0.2) is 0 Å². The Hall–Kier alpha value is -2.74. The number of aliphatic hydroxyl groups is 2. The molecule has 1 fully saturated rings. The second kappa shape index (κ2) is 5.63. The minimum atomic E-state index is -0.725. The maximum absolute atomic E-state index is 10.2. The van der Waals surface area contributed by atoms with Crippen molar-refractivity contribution in [3.63, 3.8) is 0 Å². The van der Waals surface area contributed by atoms with Crippen molar-refractivity contribution in [2.45, 2.75) is 24.9 Å². The fourth-order valence-corrected chi connectivity index (χ4v) is 3.98. The fourth-order valence-electron chi connectivity index (χ4n) is 3.98. The molecule has 0 bridgehead atoms. The first-order valence-corrected chi connectivity index (χ1v) is 8.55. The molecule has 7 nitrogen and oxygen atoms in total. The van der Waals surface area contributed by atoms with Crippen LogP contribution in [-0.4, -0.2) is 43.6 Å². The zero-order valence-corrected chi connectivity index (χ0v) is 13.9. The number of nitrogen functional groups attached to an aromatic ring is 1. The van der Waals surface area contributed by atoms with Gasteiger partial charge in [-0.05, 0) is 16.8 Å². The van der Waals surface area contributed by atoms with E-state index >= 15 is 0 Å². The SMILES string of the molecule is Nc1ncnc2c1c1c3ccccc3ccc1n2[C@H]1C[C@H](O)[C@@H](CO)O1. The third-order valence-electron chi connectivity index (χ3n) is 5.17. The number of nitrogens with two attached hydrogens (primary N) is 1. The molecule has 0 radical (unpaired) electrons. The summed E-state index contributed by atoms with van der Waals surface area (Å²) < 4.78 is 7.85. The van der Waals surface area contributed by atoms with Crippen LogP contribution in [0.25, 0.3) is 32.7 Å². The monoisotopic (exact) mass is 350 g/mol. The maximum atomic E-state index is 10.2. The molecular formula is C19H18N4O3. The minimum absolute atomic E-state index is 0.227. The number of rotatable bonds is 2. The molecule has 1 aliphatic rings. The lowest BCUT2D eigenvalue weighted by Crippen LogP contribution is -2.24. The number of hydrogen-bond donors (Lipinski definition) is 3. The van der Waals surface area contributed by atoms with Crippen molar-refractivity contribution in [1.82, 2.24) is 14.5 Å². The van der Waals surface area contributed by atoms with E-state index in [0.717, 1.165) is 27.1 Å². The Labute approximate surface area is 148 Å². The molecular weight excluding hydrogens is 332 g/mol. The van der Waals surface area contributed by atoms with Crippen molar-refractivity contribution >= 4 is 38.5 Å². The van der Waals surface area contributed by atoms with Crippen LogP contribution in [0.1, 0.15) is 12.6 Å². The van der Waals surface area contributed by atoms with Crippen molar-refractivity contribution in [3.05, 3.63) is 42.7 Å². The molecule has 4 N–H and O–H groups in total. The molecule has 132 valence electrons. The molecule has 0 spiro atoms. The highest BCUT2D eigenvalue weighted by molar-refractivity contribution is 6.22. The van der Waals surface area contributed by atoms with Gasteiger partial charge in [-0.1, -0.05) is 30.3 Å². The molecule has 0 amide bonds. The first-order chi connectivity index (χ1) is 12.7. The van der Waals surface area contributed by atoms with Gasteiger partial charge < -0.3 is 20.7 Å². The number of fused-ring (bicyclic) bond motifs is 5. The van der Waals surface area contributed by atoms with Gasteiger partial charge in [0.05, 0.1) is 23.6 Å². The van der Waals surface area contributed by atoms with Crippen LogP contribution in [0.5, 0.6) is 0 Å². The van der Waals surface area contributed by atoms with E-state index < -0.39 is 18.4 Å². The molecule has 0 aliphatic carbocycles. The molecule has 1 aliphatic heterocycles. The Bertz CT molecular complexity index is 1140. The summed E-state index contributed by atoms with van der Waals surface area (Å²) in [5, 5.41) is 23.5. The summed E-state index contributed by atoms with van der Waals surface area (Å²) >= 11 is 0. The lowest BCUT2D eigenvalue weighted by molar-refractivity contribution is -0.0417. The summed E-state index contributed by atoms with van der Waals surface area (Å²) in [6.45, 7) is -0.227. The Morgan fingerprint density at radius 2 is 2.00 bits per heavy atom. The summed E-state index contributed by atoms with van der Waals surface area (Å²) in [7, 11) is 0. The van der Waals surface area contributed by atoms with Gasteiger partial charge in [0.2, 0.25) is 0 Å². The van der Waals surface area contributed by atoms with E-state index in [9.17, 15) is 10.2 Å². The number of ether oxygens (including phenoxy) is 1. The molecule has 0 unspecified atom stereocenters. The van der Waals surface area contributed by atoms with Gasteiger partial charge in [-0.15, -0.1) is 0 Å². The van der Waals surface area contributed by atoms with Crippen molar-refractivity contribution in [1.29, 1.82) is 0 Å². The lowest BCUT2D eigenvalue weighted by atomic mass is 10.0. The Morgan fingerprint density at radius 3 is 2.81 bits per heavy atom. The average molecular weight is 350 g/mol. The van der Waals surface area contributed by atoms with Gasteiger partial charge in [0, 0.05) is 11.8 Å². The molecule has 1 saturated heterocycles. The lowest BCUT2D eigenvalue weighted by Gasteiger charge is -2.16. The normalized spacial score (nSPS) is 23.4. The highest BCUT2D eigenvalue weighted by atomic mass is 16.5. The molecule has 7 heteroatoms. The molecule has 5 rings (SSSR count). The molecule has 4 aromatic rings. The van der Waals surface area contributed by atoms with Crippen LogP contribution in [0, 0.1) is 0 Å². The number of hydrogen-bond acceptors (Lipinski definition) is 6. The second-order valence-electron chi connectivity index (χ2n) is 6.62. The number of aliphatic hydroxyl groups excluding tert-OH is 2. The van der Waals surface area contributed by atoms with E-state index in [-0.39, 0.29) is 6.61 Å². The van der Waals surface area contributed by atoms with Gasteiger partial charge in [0.1, 0.15) is 30.1 Å². The van der Waals surface area contributed by atoms with Crippen molar-refractivity contribution in [2.24, 2.45) is 0 Å². The van der Waals surface area contributed by atoms with E-state index in [1.54, 1.807) is 0 Å². The molecule has 0 saturated carbocycles. The molecule has 3 heterocycles. The van der Waals surface area contributed by atoms with Crippen molar-refractivity contribution in [3.8, 4) is 0 Å². The number of nitrogens with zero attached hydrogens (tertiary/aromatic N) is 3. The molecule has 2 aromatic carbocycles. The largest absolute Gasteiger partial charge is 0.394 e. The molecule has 3 atom stereocenters. The standard InChI is InChI=1S/C19H18N4O3/c20-18-17-16-11-4-2-1-3-10(11)5-6-12(16)23(19(17)22-9-21-18)15-7-13(25)14(8-24)26-15/h1-6,9,13-15,24-25H,7-8H2,(H2,20,21,22)/t13-,14+,15+/m0/s1. The number of benzene rings is 2.